The number of aromatic nitrogens is 1. The van der Waals surface area contributed by atoms with Gasteiger partial charge in [-0.15, -0.1) is 0 Å². The number of hydrogen-bond donors (Lipinski definition) is 1. The van der Waals surface area contributed by atoms with Crippen LogP contribution in [-0.4, -0.2) is 16.4 Å². The zero-order valence-electron chi connectivity index (χ0n) is 11.5. The molecule has 2 aromatic carbocycles. The summed E-state index contributed by atoms with van der Waals surface area (Å²) >= 11 is 0. The third-order valence-corrected chi connectivity index (χ3v) is 3.58. The van der Waals surface area contributed by atoms with Crippen molar-refractivity contribution in [3.8, 4) is 0 Å². The van der Waals surface area contributed by atoms with E-state index in [1.54, 1.807) is 29.7 Å². The maximum atomic E-state index is 12.7. The summed E-state index contributed by atoms with van der Waals surface area (Å²) in [6.45, 7) is 1.74. The lowest BCUT2D eigenvalue weighted by Gasteiger charge is -2.07. The average molecular weight is 278 g/mol. The Kier molecular flexibility index (Phi) is 3.06. The molecule has 3 aromatic rings. The molecular formula is C17H14N2O2. The third-order valence-electron chi connectivity index (χ3n) is 3.58. The SMILES string of the molecule is Cc1c(C(N)=O)c2ccccc2n1C(=O)c1ccccc1. The highest BCUT2D eigenvalue weighted by molar-refractivity contribution is 6.12. The fourth-order valence-electron chi connectivity index (χ4n) is 2.65. The Bertz CT molecular complexity index is 848. The van der Waals surface area contributed by atoms with Crippen molar-refractivity contribution >= 4 is 22.7 Å². The van der Waals surface area contributed by atoms with Crippen molar-refractivity contribution in [3.05, 3.63) is 71.4 Å². The first-order chi connectivity index (χ1) is 10.1. The molecule has 1 amide bonds. The number of carbonyl (C=O) groups is 2. The number of nitrogens with two attached hydrogens (primary N) is 1. The van der Waals surface area contributed by atoms with E-state index in [0.717, 1.165) is 0 Å². The van der Waals surface area contributed by atoms with Gasteiger partial charge < -0.3 is 5.73 Å². The lowest BCUT2D eigenvalue weighted by atomic mass is 10.1. The Balaban J connectivity index is 2.31. The van der Waals surface area contributed by atoms with Gasteiger partial charge in [-0.25, -0.2) is 0 Å². The van der Waals surface area contributed by atoms with Crippen LogP contribution in [0.15, 0.2) is 54.6 Å². The minimum Gasteiger partial charge on any atom is -0.366 e. The quantitative estimate of drug-likeness (QED) is 0.783. The molecular weight excluding hydrogens is 264 g/mol. The molecule has 21 heavy (non-hydrogen) atoms. The van der Waals surface area contributed by atoms with E-state index in [4.69, 9.17) is 5.73 Å². The third kappa shape index (κ3) is 2.01. The number of carbonyl (C=O) groups excluding carboxylic acids is 2. The van der Waals surface area contributed by atoms with Crippen LogP contribution in [0.4, 0.5) is 0 Å². The molecule has 4 heteroatoms. The minimum absolute atomic E-state index is 0.170. The van der Waals surface area contributed by atoms with Gasteiger partial charge in [0.2, 0.25) is 0 Å². The molecule has 0 unspecified atom stereocenters. The zero-order chi connectivity index (χ0) is 15.0. The summed E-state index contributed by atoms with van der Waals surface area (Å²) in [6.07, 6.45) is 0. The molecule has 0 fully saturated rings. The molecule has 1 heterocycles. The predicted molar refractivity (Wildman–Crippen MR) is 81.4 cm³/mol. The van der Waals surface area contributed by atoms with Gasteiger partial charge in [0.05, 0.1) is 11.1 Å². The van der Waals surface area contributed by atoms with Gasteiger partial charge in [-0.1, -0.05) is 36.4 Å². The zero-order valence-corrected chi connectivity index (χ0v) is 11.5. The minimum atomic E-state index is -0.525. The number of hydrogen-bond acceptors (Lipinski definition) is 2. The van der Waals surface area contributed by atoms with Crippen LogP contribution in [0, 0.1) is 6.92 Å². The van der Waals surface area contributed by atoms with Gasteiger partial charge in [0.25, 0.3) is 11.8 Å². The molecule has 3 rings (SSSR count). The Labute approximate surface area is 121 Å². The molecule has 1 aromatic heterocycles. The van der Waals surface area contributed by atoms with Crippen LogP contribution in [0.5, 0.6) is 0 Å². The van der Waals surface area contributed by atoms with Crippen molar-refractivity contribution in [2.45, 2.75) is 6.92 Å². The second kappa shape index (κ2) is 4.90. The van der Waals surface area contributed by atoms with E-state index in [9.17, 15) is 9.59 Å². The lowest BCUT2D eigenvalue weighted by molar-refractivity contribution is 0.0963. The molecule has 0 aliphatic heterocycles. The van der Waals surface area contributed by atoms with Crippen LogP contribution in [0.1, 0.15) is 26.4 Å². The van der Waals surface area contributed by atoms with Gasteiger partial charge in [0, 0.05) is 16.6 Å². The first-order valence-electron chi connectivity index (χ1n) is 6.61. The molecule has 0 atom stereocenters. The first kappa shape index (κ1) is 13.1. The van der Waals surface area contributed by atoms with E-state index >= 15 is 0 Å². The number of nitrogens with zero attached hydrogens (tertiary/aromatic N) is 1. The first-order valence-corrected chi connectivity index (χ1v) is 6.61. The van der Waals surface area contributed by atoms with Crippen molar-refractivity contribution in [2.75, 3.05) is 0 Å². The fraction of sp³-hybridized carbons (Fsp3) is 0.0588. The van der Waals surface area contributed by atoms with Crippen LogP contribution >= 0.6 is 0 Å². The maximum absolute atomic E-state index is 12.7. The Morgan fingerprint density at radius 1 is 0.952 bits per heavy atom. The number of para-hydroxylation sites is 1. The molecule has 0 bridgehead atoms. The van der Waals surface area contributed by atoms with E-state index < -0.39 is 5.91 Å². The number of benzene rings is 2. The van der Waals surface area contributed by atoms with E-state index in [-0.39, 0.29) is 5.91 Å². The average Bonchev–Trinajstić information content (AvgIpc) is 2.79. The van der Waals surface area contributed by atoms with Crippen molar-refractivity contribution in [1.82, 2.24) is 4.57 Å². The molecule has 0 radical (unpaired) electrons. The van der Waals surface area contributed by atoms with Gasteiger partial charge in [-0.2, -0.15) is 0 Å². The normalized spacial score (nSPS) is 10.7. The second-order valence-corrected chi connectivity index (χ2v) is 4.85. The summed E-state index contributed by atoms with van der Waals surface area (Å²) < 4.78 is 1.55. The van der Waals surface area contributed by atoms with Crippen molar-refractivity contribution in [3.63, 3.8) is 0 Å². The van der Waals surface area contributed by atoms with Gasteiger partial charge in [-0.3, -0.25) is 14.2 Å². The van der Waals surface area contributed by atoms with Gasteiger partial charge >= 0.3 is 0 Å². The highest BCUT2D eigenvalue weighted by Gasteiger charge is 2.21. The Hall–Kier alpha value is -2.88. The largest absolute Gasteiger partial charge is 0.366 e. The van der Waals surface area contributed by atoms with Crippen molar-refractivity contribution < 1.29 is 9.59 Å². The van der Waals surface area contributed by atoms with Crippen molar-refractivity contribution in [2.24, 2.45) is 5.73 Å². The van der Waals surface area contributed by atoms with E-state index in [1.165, 1.54) is 0 Å². The molecule has 0 saturated heterocycles. The monoisotopic (exact) mass is 278 g/mol. The molecule has 0 spiro atoms. The lowest BCUT2D eigenvalue weighted by Crippen LogP contribution is -2.16. The molecule has 2 N–H and O–H groups in total. The van der Waals surface area contributed by atoms with Crippen LogP contribution in [0.3, 0.4) is 0 Å². The number of amides is 1. The standard InChI is InChI=1S/C17H14N2O2/c1-11-15(16(18)20)13-9-5-6-10-14(13)19(11)17(21)12-7-3-2-4-8-12/h2-10H,1H3,(H2,18,20). The summed E-state index contributed by atoms with van der Waals surface area (Å²) in [5, 5.41) is 0.701. The molecule has 0 saturated carbocycles. The maximum Gasteiger partial charge on any atom is 0.262 e. The van der Waals surface area contributed by atoms with Gasteiger partial charge in [-0.05, 0) is 25.1 Å². The summed E-state index contributed by atoms with van der Waals surface area (Å²) in [4.78, 5) is 24.4. The molecule has 4 nitrogen and oxygen atoms in total. The molecule has 0 aliphatic carbocycles. The number of rotatable bonds is 2. The van der Waals surface area contributed by atoms with E-state index in [0.29, 0.717) is 27.7 Å². The topological polar surface area (TPSA) is 65.1 Å². The summed E-state index contributed by atoms with van der Waals surface area (Å²) in [7, 11) is 0. The van der Waals surface area contributed by atoms with Crippen LogP contribution in [0.2, 0.25) is 0 Å². The highest BCUT2D eigenvalue weighted by Crippen LogP contribution is 2.26. The van der Waals surface area contributed by atoms with E-state index in [1.807, 2.05) is 36.4 Å². The Morgan fingerprint density at radius 3 is 2.24 bits per heavy atom. The van der Waals surface area contributed by atoms with Gasteiger partial charge in [0.15, 0.2) is 0 Å². The van der Waals surface area contributed by atoms with E-state index in [2.05, 4.69) is 0 Å². The molecule has 104 valence electrons. The summed E-state index contributed by atoms with van der Waals surface area (Å²) in [5.74, 6) is -0.694. The predicted octanol–water partition coefficient (Wildman–Crippen LogP) is 2.74. The number of primary amides is 1. The smallest absolute Gasteiger partial charge is 0.262 e. The highest BCUT2D eigenvalue weighted by atomic mass is 16.2. The molecule has 0 aliphatic rings. The van der Waals surface area contributed by atoms with Crippen molar-refractivity contribution in [1.29, 1.82) is 0 Å². The number of fused-ring (bicyclic) bond motifs is 1. The van der Waals surface area contributed by atoms with Crippen LogP contribution in [-0.2, 0) is 0 Å². The second-order valence-electron chi connectivity index (χ2n) is 4.85. The summed E-state index contributed by atoms with van der Waals surface area (Å²) in [5.41, 5.74) is 7.69. The summed E-state index contributed by atoms with van der Waals surface area (Å²) in [6, 6.07) is 16.2. The fourth-order valence-corrected chi connectivity index (χ4v) is 2.65. The van der Waals surface area contributed by atoms with Gasteiger partial charge in [0.1, 0.15) is 0 Å². The van der Waals surface area contributed by atoms with Crippen LogP contribution in [0.25, 0.3) is 10.9 Å². The Morgan fingerprint density at radius 2 is 1.57 bits per heavy atom. The van der Waals surface area contributed by atoms with Crippen LogP contribution < -0.4 is 5.73 Å².